The molecule has 0 amide bonds. The fourth-order valence-corrected chi connectivity index (χ4v) is 1.92. The lowest BCUT2D eigenvalue weighted by Gasteiger charge is -2.12. The molecule has 0 saturated heterocycles. The van der Waals surface area contributed by atoms with Crippen LogP contribution in [0.1, 0.15) is 17.2 Å². The minimum absolute atomic E-state index is 0.0801. The largest absolute Gasteiger partial charge is 0.479 e. The van der Waals surface area contributed by atoms with E-state index in [1.54, 1.807) is 0 Å². The van der Waals surface area contributed by atoms with Gasteiger partial charge in [-0.25, -0.2) is 9.59 Å². The van der Waals surface area contributed by atoms with Gasteiger partial charge in [-0.15, -0.1) is 0 Å². The fraction of sp³-hybridized carbons (Fsp3) is 0.176. The number of rotatable bonds is 5. The molecule has 0 aliphatic rings. The Bertz CT molecular complexity index is 674. The molecule has 2 rings (SSSR count). The van der Waals surface area contributed by atoms with Gasteiger partial charge < -0.3 is 26.2 Å². The predicted molar refractivity (Wildman–Crippen MR) is 91.2 cm³/mol. The maximum Gasteiger partial charge on any atom is 0.335 e. The van der Waals surface area contributed by atoms with Gasteiger partial charge in [-0.2, -0.15) is 0 Å². The van der Waals surface area contributed by atoms with Crippen LogP contribution in [0.25, 0.3) is 0 Å². The molecule has 3 unspecified atom stereocenters. The maximum atomic E-state index is 9.77. The lowest BCUT2D eigenvalue weighted by molar-refractivity contribution is -0.165. The number of carboxylic acids is 2. The monoisotopic (exact) mass is 367 g/mol. The average molecular weight is 368 g/mol. The Labute approximate surface area is 148 Å². The molecule has 6 N–H and O–H groups in total. The van der Waals surface area contributed by atoms with Crippen LogP contribution in [0.2, 0.25) is 5.02 Å². The van der Waals surface area contributed by atoms with Crippen molar-refractivity contribution in [1.29, 1.82) is 0 Å². The zero-order valence-corrected chi connectivity index (χ0v) is 13.7. The van der Waals surface area contributed by atoms with Gasteiger partial charge in [0, 0.05) is 5.02 Å². The quantitative estimate of drug-likeness (QED) is 0.535. The Hall–Kier alpha value is -2.45. The summed E-state index contributed by atoms with van der Waals surface area (Å²) >= 11 is 5.82. The molecule has 2 aromatic carbocycles. The molecule has 0 aromatic heterocycles. The molecule has 0 spiro atoms. The number of aliphatic carboxylic acids is 2. The van der Waals surface area contributed by atoms with Crippen molar-refractivity contribution >= 4 is 23.5 Å². The number of aliphatic hydroxyl groups excluding tert-OH is 2. The number of aliphatic hydroxyl groups is 2. The Morgan fingerprint density at radius 2 is 1.20 bits per heavy atom. The zero-order valence-electron chi connectivity index (χ0n) is 13.0. The third kappa shape index (κ3) is 6.52. The van der Waals surface area contributed by atoms with Crippen LogP contribution in [0.5, 0.6) is 0 Å². The molecule has 0 aliphatic carbocycles. The first-order valence-electron chi connectivity index (χ1n) is 7.11. The first-order chi connectivity index (χ1) is 11.7. The zero-order chi connectivity index (χ0) is 19.0. The van der Waals surface area contributed by atoms with Gasteiger partial charge in [0.25, 0.3) is 0 Å². The molecule has 0 heterocycles. The smallest absolute Gasteiger partial charge is 0.335 e. The van der Waals surface area contributed by atoms with E-state index in [9.17, 15) is 9.59 Å². The van der Waals surface area contributed by atoms with Crippen LogP contribution in [0.3, 0.4) is 0 Å². The number of carbonyl (C=O) groups is 2. The average Bonchev–Trinajstić information content (AvgIpc) is 2.61. The summed E-state index contributed by atoms with van der Waals surface area (Å²) in [6.45, 7) is 0. The summed E-state index contributed by atoms with van der Waals surface area (Å²) in [4.78, 5) is 19.5. The van der Waals surface area contributed by atoms with Gasteiger partial charge in [0.15, 0.2) is 12.2 Å². The summed E-state index contributed by atoms with van der Waals surface area (Å²) in [6.07, 6.45) is -4.53. The molecule has 134 valence electrons. The van der Waals surface area contributed by atoms with Crippen LogP contribution in [0.4, 0.5) is 0 Å². The van der Waals surface area contributed by atoms with Crippen LogP contribution in [-0.2, 0) is 9.59 Å². The van der Waals surface area contributed by atoms with Gasteiger partial charge >= 0.3 is 11.9 Å². The van der Waals surface area contributed by atoms with Crippen molar-refractivity contribution in [2.75, 3.05) is 0 Å². The SMILES string of the molecule is NC(c1ccccc1)c1ccc(Cl)cc1.O=C(O)C(O)C(O)C(=O)O. The molecule has 0 fully saturated rings. The Kier molecular flexibility index (Phi) is 8.03. The molecule has 2 aromatic rings. The highest BCUT2D eigenvalue weighted by atomic mass is 35.5. The molecule has 0 radical (unpaired) electrons. The van der Waals surface area contributed by atoms with Crippen molar-refractivity contribution in [3.8, 4) is 0 Å². The van der Waals surface area contributed by atoms with E-state index >= 15 is 0 Å². The summed E-state index contributed by atoms with van der Waals surface area (Å²) in [5.41, 5.74) is 8.31. The lowest BCUT2D eigenvalue weighted by atomic mass is 10.00. The molecule has 3 atom stereocenters. The van der Waals surface area contributed by atoms with Crippen LogP contribution >= 0.6 is 11.6 Å². The minimum Gasteiger partial charge on any atom is -0.479 e. The van der Waals surface area contributed by atoms with E-state index in [2.05, 4.69) is 0 Å². The minimum atomic E-state index is -2.27. The first-order valence-corrected chi connectivity index (χ1v) is 7.49. The second-order valence-corrected chi connectivity index (χ2v) is 5.44. The molecular formula is C17H18ClNO6. The van der Waals surface area contributed by atoms with E-state index in [4.69, 9.17) is 37.8 Å². The Morgan fingerprint density at radius 1 is 0.800 bits per heavy atom. The van der Waals surface area contributed by atoms with Gasteiger partial charge in [-0.05, 0) is 23.3 Å². The van der Waals surface area contributed by atoms with Crippen molar-refractivity contribution in [3.05, 3.63) is 70.7 Å². The van der Waals surface area contributed by atoms with Gasteiger partial charge in [0.1, 0.15) is 0 Å². The van der Waals surface area contributed by atoms with Crippen LogP contribution in [-0.4, -0.2) is 44.6 Å². The van der Waals surface area contributed by atoms with E-state index in [1.807, 2.05) is 54.6 Å². The molecule has 0 saturated carbocycles. The van der Waals surface area contributed by atoms with Crippen LogP contribution < -0.4 is 5.73 Å². The molecule has 8 heteroatoms. The van der Waals surface area contributed by atoms with Crippen LogP contribution in [0, 0.1) is 0 Å². The third-order valence-corrected chi connectivity index (χ3v) is 3.44. The number of hydrogen-bond acceptors (Lipinski definition) is 5. The second kappa shape index (κ2) is 9.75. The molecule has 25 heavy (non-hydrogen) atoms. The van der Waals surface area contributed by atoms with E-state index in [-0.39, 0.29) is 6.04 Å². The number of benzene rings is 2. The lowest BCUT2D eigenvalue weighted by Crippen LogP contribution is -2.39. The van der Waals surface area contributed by atoms with E-state index in [0.717, 1.165) is 16.1 Å². The topological polar surface area (TPSA) is 141 Å². The highest BCUT2D eigenvalue weighted by Crippen LogP contribution is 2.20. The highest BCUT2D eigenvalue weighted by molar-refractivity contribution is 6.30. The normalized spacial score (nSPS) is 13.8. The summed E-state index contributed by atoms with van der Waals surface area (Å²) in [5.74, 6) is -3.54. The Morgan fingerprint density at radius 3 is 1.60 bits per heavy atom. The summed E-state index contributed by atoms with van der Waals surface area (Å²) < 4.78 is 0. The molecule has 7 nitrogen and oxygen atoms in total. The summed E-state index contributed by atoms with van der Waals surface area (Å²) in [5, 5.41) is 33.3. The Balaban J connectivity index is 0.000000275. The summed E-state index contributed by atoms with van der Waals surface area (Å²) in [6, 6.07) is 17.6. The van der Waals surface area contributed by atoms with Gasteiger partial charge in [-0.1, -0.05) is 54.1 Å². The van der Waals surface area contributed by atoms with Crippen LogP contribution in [0.15, 0.2) is 54.6 Å². The van der Waals surface area contributed by atoms with E-state index in [1.165, 1.54) is 0 Å². The molecule has 0 bridgehead atoms. The van der Waals surface area contributed by atoms with Crippen molar-refractivity contribution < 1.29 is 30.0 Å². The van der Waals surface area contributed by atoms with Gasteiger partial charge in [0.05, 0.1) is 6.04 Å². The van der Waals surface area contributed by atoms with Crippen molar-refractivity contribution in [1.82, 2.24) is 0 Å². The fourth-order valence-electron chi connectivity index (χ4n) is 1.79. The van der Waals surface area contributed by atoms with E-state index in [0.29, 0.717) is 0 Å². The number of nitrogens with two attached hydrogens (primary N) is 1. The third-order valence-electron chi connectivity index (χ3n) is 3.19. The van der Waals surface area contributed by atoms with E-state index < -0.39 is 24.1 Å². The number of halogens is 1. The predicted octanol–water partition coefficient (Wildman–Crippen LogP) is 1.27. The van der Waals surface area contributed by atoms with Crippen molar-refractivity contribution in [2.24, 2.45) is 5.73 Å². The summed E-state index contributed by atoms with van der Waals surface area (Å²) in [7, 11) is 0. The number of carboxylic acid groups (broad SMARTS) is 2. The maximum absolute atomic E-state index is 9.77. The van der Waals surface area contributed by atoms with Gasteiger partial charge in [0.2, 0.25) is 0 Å². The number of hydrogen-bond donors (Lipinski definition) is 5. The second-order valence-electron chi connectivity index (χ2n) is 5.01. The van der Waals surface area contributed by atoms with Gasteiger partial charge in [-0.3, -0.25) is 0 Å². The first kappa shape index (κ1) is 20.6. The van der Waals surface area contributed by atoms with Crippen molar-refractivity contribution in [3.63, 3.8) is 0 Å². The van der Waals surface area contributed by atoms with Crippen molar-refractivity contribution in [2.45, 2.75) is 18.2 Å². The standard InChI is InChI=1S/C13H12ClN.C4H6O6/c14-12-8-6-11(7-9-12)13(15)10-4-2-1-3-5-10;5-1(3(7)8)2(6)4(9)10/h1-9,13H,15H2;1-2,5-6H,(H,7,8)(H,9,10). The molecular weight excluding hydrogens is 350 g/mol. The molecule has 0 aliphatic heterocycles. The highest BCUT2D eigenvalue weighted by Gasteiger charge is 2.29.